The van der Waals surface area contributed by atoms with Gasteiger partial charge in [0, 0.05) is 19.0 Å². The Hall–Kier alpha value is -3.14. The molecular formula is C38H63N5O7S. The van der Waals surface area contributed by atoms with E-state index in [0.717, 1.165) is 25.7 Å². The molecular weight excluding hydrogens is 671 g/mol. The van der Waals surface area contributed by atoms with Crippen LogP contribution in [0, 0.1) is 35.0 Å². The zero-order valence-electron chi connectivity index (χ0n) is 32.5. The standard InChI is InChI=1S/C38H63N5O7S/c1-12-13-17-26(29(44)32(46)40-27-20-24(27)2)39-31(45)28-21-37(10,11)25(3)22-43(28)33(47)30(35(4,5)6)41-34(48)42-38(18-15-14-16-19-38)23-51(49,50)36(7,8)9/h1,24-28,30H,13-23H2,2-11H3,(H,39,45)(H,40,46)(H2,41,42,48)/t24?,25?,26?,27?,28-,30+/m0/s1. The van der Waals surface area contributed by atoms with Gasteiger partial charge in [-0.2, -0.15) is 0 Å². The lowest BCUT2D eigenvalue weighted by Gasteiger charge is -2.49. The molecule has 4 N–H and O–H groups in total. The second-order valence-electron chi connectivity index (χ2n) is 18.2. The Balaban J connectivity index is 1.88. The molecule has 6 atom stereocenters. The molecule has 3 rings (SSSR count). The van der Waals surface area contributed by atoms with E-state index in [4.69, 9.17) is 6.42 Å². The Kier molecular flexibility index (Phi) is 13.1. The first kappa shape index (κ1) is 42.3. The number of carbonyl (C=O) groups is 5. The molecule has 2 saturated carbocycles. The van der Waals surface area contributed by atoms with Gasteiger partial charge in [-0.1, -0.05) is 67.7 Å². The van der Waals surface area contributed by atoms with Crippen LogP contribution in [0.15, 0.2) is 0 Å². The molecule has 0 bridgehead atoms. The quantitative estimate of drug-likeness (QED) is 0.174. The topological polar surface area (TPSA) is 171 Å². The molecule has 2 aliphatic carbocycles. The van der Waals surface area contributed by atoms with Gasteiger partial charge in [-0.25, -0.2) is 13.2 Å². The molecule has 0 aromatic carbocycles. The number of nitrogens with zero attached hydrogens (tertiary/aromatic N) is 1. The average molecular weight is 734 g/mol. The third-order valence-corrected chi connectivity index (χ3v) is 14.1. The number of Topliss-reactive ketones (excluding diaryl/α,β-unsaturated/α-hetero) is 1. The lowest BCUT2D eigenvalue weighted by atomic mass is 9.71. The van der Waals surface area contributed by atoms with E-state index in [0.29, 0.717) is 12.8 Å². The Morgan fingerprint density at radius 3 is 2.06 bits per heavy atom. The van der Waals surface area contributed by atoms with Crippen molar-refractivity contribution in [2.45, 2.75) is 161 Å². The Morgan fingerprint density at radius 2 is 1.55 bits per heavy atom. The molecule has 0 aromatic rings. The maximum absolute atomic E-state index is 14.6. The van der Waals surface area contributed by atoms with Gasteiger partial charge in [0.1, 0.15) is 12.1 Å². The van der Waals surface area contributed by atoms with Gasteiger partial charge >= 0.3 is 6.03 Å². The smallest absolute Gasteiger partial charge is 0.315 e. The fourth-order valence-corrected chi connectivity index (χ4v) is 8.50. The van der Waals surface area contributed by atoms with Gasteiger partial charge < -0.3 is 26.2 Å². The van der Waals surface area contributed by atoms with Gasteiger partial charge in [-0.3, -0.25) is 19.2 Å². The number of nitrogens with one attached hydrogen (secondary N) is 4. The summed E-state index contributed by atoms with van der Waals surface area (Å²) in [5.41, 5.74) is -2.13. The molecule has 0 radical (unpaired) electrons. The highest BCUT2D eigenvalue weighted by molar-refractivity contribution is 7.92. The van der Waals surface area contributed by atoms with E-state index < -0.39 is 73.2 Å². The van der Waals surface area contributed by atoms with Crippen LogP contribution in [0.2, 0.25) is 0 Å². The van der Waals surface area contributed by atoms with Crippen LogP contribution >= 0.6 is 0 Å². The molecule has 5 amide bonds. The van der Waals surface area contributed by atoms with Crippen molar-refractivity contribution in [2.75, 3.05) is 12.3 Å². The second-order valence-corrected chi connectivity index (χ2v) is 20.9. The highest BCUT2D eigenvalue weighted by Gasteiger charge is 2.49. The number of hydrogen-bond donors (Lipinski definition) is 4. The van der Waals surface area contributed by atoms with Crippen LogP contribution in [-0.2, 0) is 29.0 Å². The van der Waals surface area contributed by atoms with Crippen molar-refractivity contribution < 1.29 is 32.4 Å². The van der Waals surface area contributed by atoms with Gasteiger partial charge in [0.15, 0.2) is 9.84 Å². The van der Waals surface area contributed by atoms with Crippen molar-refractivity contribution in [3.63, 3.8) is 0 Å². The molecule has 1 saturated heterocycles. The van der Waals surface area contributed by atoms with Crippen LogP contribution in [0.4, 0.5) is 4.79 Å². The van der Waals surface area contributed by atoms with Gasteiger partial charge in [0.05, 0.1) is 22.1 Å². The Labute approximate surface area is 306 Å². The first-order valence-corrected chi connectivity index (χ1v) is 20.2. The first-order chi connectivity index (χ1) is 23.3. The van der Waals surface area contributed by atoms with Crippen LogP contribution < -0.4 is 21.3 Å². The molecule has 4 unspecified atom stereocenters. The molecule has 0 spiro atoms. The maximum atomic E-state index is 14.6. The largest absolute Gasteiger partial charge is 0.346 e. The van der Waals surface area contributed by atoms with Crippen molar-refractivity contribution >= 4 is 39.4 Å². The fourth-order valence-electron chi connectivity index (χ4n) is 6.98. The summed E-state index contributed by atoms with van der Waals surface area (Å²) in [7, 11) is -3.58. The number of ketones is 1. The van der Waals surface area contributed by atoms with Crippen LogP contribution in [0.1, 0.15) is 127 Å². The van der Waals surface area contributed by atoms with Crippen molar-refractivity contribution in [3.05, 3.63) is 0 Å². The molecule has 288 valence electrons. The van der Waals surface area contributed by atoms with E-state index in [1.54, 1.807) is 20.8 Å². The minimum Gasteiger partial charge on any atom is -0.346 e. The summed E-state index contributed by atoms with van der Waals surface area (Å²) >= 11 is 0. The lowest BCUT2D eigenvalue weighted by Crippen LogP contribution is -2.66. The SMILES string of the molecule is C#CCCC(NC(=O)[C@@H]1CC(C)(C)C(C)CN1C(=O)[C@@H](NC(=O)NC1(CS(=O)(=O)C(C)(C)C)CCCCC1)C(C)(C)C)C(=O)C(=O)NC1CC1C. The first-order valence-electron chi connectivity index (χ1n) is 18.5. The number of terminal acetylenes is 1. The van der Waals surface area contributed by atoms with E-state index in [1.165, 1.54) is 4.90 Å². The highest BCUT2D eigenvalue weighted by atomic mass is 32.2. The average Bonchev–Trinajstić information content (AvgIpc) is 3.70. The number of hydrogen-bond acceptors (Lipinski definition) is 7. The number of sulfone groups is 1. The second kappa shape index (κ2) is 15.8. The number of amides is 5. The summed E-state index contributed by atoms with van der Waals surface area (Å²) in [6.07, 6.45) is 10.3. The summed E-state index contributed by atoms with van der Waals surface area (Å²) in [4.78, 5) is 70.1. The number of likely N-dealkylation sites (tertiary alicyclic amines) is 1. The molecule has 1 aliphatic heterocycles. The molecule has 3 aliphatic rings. The molecule has 1 heterocycles. The highest BCUT2D eigenvalue weighted by Crippen LogP contribution is 2.40. The Bertz CT molecular complexity index is 1480. The predicted molar refractivity (Wildman–Crippen MR) is 198 cm³/mol. The third-order valence-electron chi connectivity index (χ3n) is 11.3. The molecule has 12 nitrogen and oxygen atoms in total. The summed E-state index contributed by atoms with van der Waals surface area (Å²) in [5.74, 6) is -0.0599. The van der Waals surface area contributed by atoms with E-state index in [-0.39, 0.29) is 54.9 Å². The number of urea groups is 1. The molecule has 51 heavy (non-hydrogen) atoms. The third kappa shape index (κ3) is 10.7. The summed E-state index contributed by atoms with van der Waals surface area (Å²) in [6, 6.07) is -3.95. The number of rotatable bonds is 12. The lowest BCUT2D eigenvalue weighted by molar-refractivity contribution is -0.151. The van der Waals surface area contributed by atoms with Crippen LogP contribution in [-0.4, -0.2) is 89.6 Å². The van der Waals surface area contributed by atoms with Crippen LogP contribution in [0.3, 0.4) is 0 Å². The zero-order valence-corrected chi connectivity index (χ0v) is 33.3. The molecule has 13 heteroatoms. The number of piperidine rings is 1. The molecule has 3 fully saturated rings. The summed E-state index contributed by atoms with van der Waals surface area (Å²) < 4.78 is 25.7. The number of carbonyl (C=O) groups excluding carboxylic acids is 5. The van der Waals surface area contributed by atoms with Gasteiger partial charge in [0.2, 0.25) is 17.6 Å². The van der Waals surface area contributed by atoms with Gasteiger partial charge in [0.25, 0.3) is 5.91 Å². The predicted octanol–water partition coefficient (Wildman–Crippen LogP) is 3.87. The van der Waals surface area contributed by atoms with E-state index in [1.807, 2.05) is 48.5 Å². The summed E-state index contributed by atoms with van der Waals surface area (Å²) in [5, 5.41) is 11.4. The van der Waals surface area contributed by atoms with E-state index in [9.17, 15) is 32.4 Å². The summed E-state index contributed by atoms with van der Waals surface area (Å²) in [6.45, 7) is 18.6. The van der Waals surface area contributed by atoms with Crippen molar-refractivity contribution in [3.8, 4) is 12.3 Å². The zero-order chi connectivity index (χ0) is 38.7. The Morgan fingerprint density at radius 1 is 0.961 bits per heavy atom. The van der Waals surface area contributed by atoms with Gasteiger partial charge in [-0.15, -0.1) is 12.3 Å². The molecule has 0 aromatic heterocycles. The van der Waals surface area contributed by atoms with E-state index >= 15 is 0 Å². The van der Waals surface area contributed by atoms with Crippen molar-refractivity contribution in [2.24, 2.45) is 22.7 Å². The van der Waals surface area contributed by atoms with Crippen molar-refractivity contribution in [1.82, 2.24) is 26.2 Å². The van der Waals surface area contributed by atoms with E-state index in [2.05, 4.69) is 27.2 Å². The fraction of sp³-hybridized carbons (Fsp3) is 0.816. The van der Waals surface area contributed by atoms with Gasteiger partial charge in [-0.05, 0) is 75.5 Å². The monoisotopic (exact) mass is 733 g/mol. The minimum atomic E-state index is -3.58. The minimum absolute atomic E-state index is 0.0155. The van der Waals surface area contributed by atoms with Crippen molar-refractivity contribution in [1.29, 1.82) is 0 Å². The van der Waals surface area contributed by atoms with Crippen LogP contribution in [0.25, 0.3) is 0 Å². The maximum Gasteiger partial charge on any atom is 0.315 e. The normalized spacial score (nSPS) is 25.7. The van der Waals surface area contributed by atoms with Crippen LogP contribution in [0.5, 0.6) is 0 Å².